The van der Waals surface area contributed by atoms with E-state index < -0.39 is 10.8 Å². The van der Waals surface area contributed by atoms with Crippen molar-refractivity contribution in [2.24, 2.45) is 0 Å². The minimum Gasteiger partial charge on any atom is -0.496 e. The molecule has 1 atom stereocenters. The molecule has 1 aliphatic rings. The zero-order chi connectivity index (χ0) is 13.8. The number of halogens is 1. The van der Waals surface area contributed by atoms with Crippen LogP contribution >= 0.6 is 15.9 Å². The summed E-state index contributed by atoms with van der Waals surface area (Å²) in [7, 11) is 0.544. The number of hydrogen-bond acceptors (Lipinski definition) is 3. The SMILES string of the molecule is COc1ccc(C(=O)CS(=O)C2CCCC2)cc1Br. The molecule has 0 amide bonds. The highest BCUT2D eigenvalue weighted by molar-refractivity contribution is 9.10. The predicted molar refractivity (Wildman–Crippen MR) is 80.3 cm³/mol. The Kier molecular flexibility index (Phi) is 5.16. The van der Waals surface area contributed by atoms with Gasteiger partial charge in [0.25, 0.3) is 0 Å². The van der Waals surface area contributed by atoms with Gasteiger partial charge in [0.2, 0.25) is 0 Å². The second kappa shape index (κ2) is 6.66. The van der Waals surface area contributed by atoms with E-state index in [0.29, 0.717) is 11.3 Å². The van der Waals surface area contributed by atoms with E-state index in [1.54, 1.807) is 25.3 Å². The van der Waals surface area contributed by atoms with Crippen molar-refractivity contribution in [3.05, 3.63) is 28.2 Å². The molecule has 2 rings (SSSR count). The van der Waals surface area contributed by atoms with E-state index >= 15 is 0 Å². The van der Waals surface area contributed by atoms with Crippen LogP contribution in [0.3, 0.4) is 0 Å². The van der Waals surface area contributed by atoms with Gasteiger partial charge in [0.05, 0.1) is 17.3 Å². The van der Waals surface area contributed by atoms with Crippen molar-refractivity contribution >= 4 is 32.5 Å². The van der Waals surface area contributed by atoms with E-state index in [1.807, 2.05) is 0 Å². The Morgan fingerprint density at radius 2 is 2.11 bits per heavy atom. The van der Waals surface area contributed by atoms with Gasteiger partial charge in [-0.2, -0.15) is 0 Å². The van der Waals surface area contributed by atoms with Gasteiger partial charge in [-0.05, 0) is 47.0 Å². The molecule has 104 valence electrons. The molecule has 1 aromatic rings. The lowest BCUT2D eigenvalue weighted by Gasteiger charge is -2.09. The van der Waals surface area contributed by atoms with Gasteiger partial charge in [-0.15, -0.1) is 0 Å². The minimum atomic E-state index is -1.04. The predicted octanol–water partition coefficient (Wildman–Crippen LogP) is 3.33. The summed E-state index contributed by atoms with van der Waals surface area (Å²) in [6.07, 6.45) is 4.26. The van der Waals surface area contributed by atoms with Crippen LogP contribution in [0, 0.1) is 0 Å². The first-order chi connectivity index (χ1) is 9.11. The van der Waals surface area contributed by atoms with Crippen molar-refractivity contribution in [1.82, 2.24) is 0 Å². The molecule has 0 N–H and O–H groups in total. The summed E-state index contributed by atoms with van der Waals surface area (Å²) in [4.78, 5) is 12.1. The summed E-state index contributed by atoms with van der Waals surface area (Å²) in [6, 6.07) is 5.20. The Hall–Kier alpha value is -0.680. The zero-order valence-corrected chi connectivity index (χ0v) is 13.3. The molecule has 19 heavy (non-hydrogen) atoms. The van der Waals surface area contributed by atoms with E-state index in [4.69, 9.17) is 4.74 Å². The molecule has 0 heterocycles. The summed E-state index contributed by atoms with van der Waals surface area (Å²) in [6.45, 7) is 0. The lowest BCUT2D eigenvalue weighted by Crippen LogP contribution is -2.19. The van der Waals surface area contributed by atoms with Crippen LogP contribution in [-0.2, 0) is 10.8 Å². The molecule has 0 aromatic heterocycles. The topological polar surface area (TPSA) is 43.4 Å². The Bertz CT molecular complexity index is 495. The number of ether oxygens (including phenoxy) is 1. The van der Waals surface area contributed by atoms with Crippen molar-refractivity contribution in [2.75, 3.05) is 12.9 Å². The van der Waals surface area contributed by atoms with Crippen LogP contribution in [0.5, 0.6) is 5.75 Å². The number of benzene rings is 1. The summed E-state index contributed by atoms with van der Waals surface area (Å²) < 4.78 is 18.0. The maximum Gasteiger partial charge on any atom is 0.175 e. The highest BCUT2D eigenvalue weighted by Crippen LogP contribution is 2.27. The first-order valence-corrected chi connectivity index (χ1v) is 8.53. The highest BCUT2D eigenvalue weighted by Gasteiger charge is 2.23. The van der Waals surface area contributed by atoms with E-state index in [1.165, 1.54) is 0 Å². The molecule has 0 aliphatic heterocycles. The Morgan fingerprint density at radius 1 is 1.42 bits per heavy atom. The number of carbonyl (C=O) groups is 1. The van der Waals surface area contributed by atoms with E-state index in [-0.39, 0.29) is 16.8 Å². The van der Waals surface area contributed by atoms with Crippen LogP contribution in [0.1, 0.15) is 36.0 Å². The van der Waals surface area contributed by atoms with E-state index in [0.717, 1.165) is 30.2 Å². The van der Waals surface area contributed by atoms with Gasteiger partial charge < -0.3 is 4.74 Å². The summed E-state index contributed by atoms with van der Waals surface area (Å²) in [5, 5.41) is 0.214. The molecule has 1 aromatic carbocycles. The Morgan fingerprint density at radius 3 is 2.68 bits per heavy atom. The standard InChI is InChI=1S/C14H17BrO3S/c1-18-14-7-6-10(8-12(14)15)13(16)9-19(17)11-4-2-3-5-11/h6-8,11H,2-5,9H2,1H3. The van der Waals surface area contributed by atoms with Crippen molar-refractivity contribution < 1.29 is 13.7 Å². The van der Waals surface area contributed by atoms with Crippen LogP contribution in [0.2, 0.25) is 0 Å². The van der Waals surface area contributed by atoms with Gasteiger partial charge in [-0.25, -0.2) is 0 Å². The fourth-order valence-corrected chi connectivity index (χ4v) is 4.38. The fourth-order valence-electron chi connectivity index (χ4n) is 2.32. The number of rotatable bonds is 5. The fraction of sp³-hybridized carbons (Fsp3) is 0.500. The van der Waals surface area contributed by atoms with Crippen molar-refractivity contribution in [3.63, 3.8) is 0 Å². The third kappa shape index (κ3) is 3.66. The average Bonchev–Trinajstić information content (AvgIpc) is 2.92. The number of Topliss-reactive ketones (excluding diaryl/α,β-unsaturated/α-hetero) is 1. The molecular weight excluding hydrogens is 328 g/mol. The number of hydrogen-bond donors (Lipinski definition) is 0. The summed E-state index contributed by atoms with van der Waals surface area (Å²) in [5.41, 5.74) is 0.582. The quantitative estimate of drug-likeness (QED) is 0.769. The molecular formula is C14H17BrO3S. The van der Waals surface area contributed by atoms with Gasteiger partial charge in [0.15, 0.2) is 5.78 Å². The largest absolute Gasteiger partial charge is 0.496 e. The minimum absolute atomic E-state index is 0.0615. The highest BCUT2D eigenvalue weighted by atomic mass is 79.9. The molecule has 1 fully saturated rings. The summed E-state index contributed by atoms with van der Waals surface area (Å²) >= 11 is 3.36. The van der Waals surface area contributed by atoms with Crippen molar-refractivity contribution in [2.45, 2.75) is 30.9 Å². The number of carbonyl (C=O) groups excluding carboxylic acids is 1. The monoisotopic (exact) mass is 344 g/mol. The number of ketones is 1. The van der Waals surface area contributed by atoms with Crippen LogP contribution in [0.4, 0.5) is 0 Å². The van der Waals surface area contributed by atoms with Crippen molar-refractivity contribution in [3.8, 4) is 5.75 Å². The molecule has 1 saturated carbocycles. The van der Waals surface area contributed by atoms with Gasteiger partial charge in [-0.1, -0.05) is 12.8 Å². The molecule has 0 radical (unpaired) electrons. The van der Waals surface area contributed by atoms with E-state index in [9.17, 15) is 9.00 Å². The average molecular weight is 345 g/mol. The molecule has 0 saturated heterocycles. The second-order valence-corrected chi connectivity index (χ2v) is 7.28. The zero-order valence-electron chi connectivity index (χ0n) is 10.9. The molecule has 0 bridgehead atoms. The second-order valence-electron chi connectivity index (χ2n) is 4.70. The van der Waals surface area contributed by atoms with Crippen LogP contribution < -0.4 is 4.74 Å². The first-order valence-electron chi connectivity index (χ1n) is 6.35. The normalized spacial score (nSPS) is 17.4. The Labute approximate surface area is 124 Å². The number of methoxy groups -OCH3 is 1. The van der Waals surface area contributed by atoms with Gasteiger partial charge in [-0.3, -0.25) is 9.00 Å². The maximum atomic E-state index is 12.1. The van der Waals surface area contributed by atoms with Crippen LogP contribution in [-0.4, -0.2) is 28.1 Å². The smallest absolute Gasteiger partial charge is 0.175 e. The molecule has 0 spiro atoms. The molecule has 1 unspecified atom stereocenters. The van der Waals surface area contributed by atoms with Crippen molar-refractivity contribution in [1.29, 1.82) is 0 Å². The van der Waals surface area contributed by atoms with E-state index in [2.05, 4.69) is 15.9 Å². The maximum absolute atomic E-state index is 12.1. The van der Waals surface area contributed by atoms with Gasteiger partial charge >= 0.3 is 0 Å². The van der Waals surface area contributed by atoms with Crippen LogP contribution in [0.15, 0.2) is 22.7 Å². The third-order valence-corrected chi connectivity index (χ3v) is 5.80. The van der Waals surface area contributed by atoms with Crippen LogP contribution in [0.25, 0.3) is 0 Å². The molecule has 5 heteroatoms. The lowest BCUT2D eigenvalue weighted by atomic mass is 10.1. The summed E-state index contributed by atoms with van der Waals surface area (Å²) in [5.74, 6) is 0.755. The van der Waals surface area contributed by atoms with Gasteiger partial charge in [0.1, 0.15) is 5.75 Å². The Balaban J connectivity index is 2.03. The first kappa shape index (κ1) is 14.7. The third-order valence-electron chi connectivity index (χ3n) is 3.42. The van der Waals surface area contributed by atoms with Gasteiger partial charge in [0, 0.05) is 21.6 Å². The lowest BCUT2D eigenvalue weighted by molar-refractivity contribution is 0.102. The molecule has 3 nitrogen and oxygen atoms in total. The molecule has 1 aliphatic carbocycles.